The van der Waals surface area contributed by atoms with E-state index in [0.29, 0.717) is 10.7 Å². The largest absolute Gasteiger partial charge is 0.488 e. The standard InChI is InChI=1S/C26H28ClN5O3.ClH/c1-14-7-16(27)9-18(23(14)35-17-5-4-6-28-10-17)22-19-8-15(12-32(19)30-13-29-22)11-31-24(33)20-21(25(31)34)26(20,2)3;/h7-9,12-13,17,20-21,28H,4-6,10-11H2,1-3H3;1H/t17-,20?,21?;/m0./s1. The van der Waals surface area contributed by atoms with E-state index in [4.69, 9.17) is 16.3 Å². The van der Waals surface area contributed by atoms with Gasteiger partial charge >= 0.3 is 0 Å². The predicted octanol–water partition coefficient (Wildman–Crippen LogP) is 4.05. The van der Waals surface area contributed by atoms with Gasteiger partial charge < -0.3 is 10.1 Å². The lowest BCUT2D eigenvalue weighted by Crippen LogP contribution is -2.37. The molecule has 3 atom stereocenters. The molecule has 0 radical (unpaired) electrons. The molecule has 4 heterocycles. The van der Waals surface area contributed by atoms with Crippen molar-refractivity contribution in [3.05, 3.63) is 46.9 Å². The van der Waals surface area contributed by atoms with Gasteiger partial charge in [-0.1, -0.05) is 25.4 Å². The molecule has 1 aromatic carbocycles. The Kier molecular flexibility index (Phi) is 6.25. The van der Waals surface area contributed by atoms with Crippen molar-refractivity contribution in [3.8, 4) is 17.0 Å². The Balaban J connectivity index is 0.00000267. The van der Waals surface area contributed by atoms with Gasteiger partial charge in [0, 0.05) is 23.3 Å². The number of aromatic nitrogens is 3. The fraction of sp³-hybridized carbons (Fsp3) is 0.462. The zero-order valence-corrected chi connectivity index (χ0v) is 22.0. The first kappa shape index (κ1) is 25.0. The van der Waals surface area contributed by atoms with Crippen LogP contribution in [0.1, 0.15) is 37.8 Å². The summed E-state index contributed by atoms with van der Waals surface area (Å²) in [4.78, 5) is 31.6. The van der Waals surface area contributed by atoms with E-state index in [1.165, 1.54) is 11.2 Å². The first-order chi connectivity index (χ1) is 16.8. The second kappa shape index (κ2) is 9.01. The Morgan fingerprint density at radius 3 is 2.64 bits per heavy atom. The van der Waals surface area contributed by atoms with E-state index >= 15 is 0 Å². The van der Waals surface area contributed by atoms with E-state index in [0.717, 1.165) is 53.9 Å². The molecular formula is C26H29Cl2N5O3. The van der Waals surface area contributed by atoms with E-state index < -0.39 is 0 Å². The number of rotatable bonds is 5. The molecule has 8 nitrogen and oxygen atoms in total. The number of aryl methyl sites for hydroxylation is 1. The minimum Gasteiger partial charge on any atom is -0.488 e. The lowest BCUT2D eigenvalue weighted by atomic mass is 10.0. The monoisotopic (exact) mass is 529 g/mol. The number of imide groups is 1. The van der Waals surface area contributed by atoms with Crippen LogP contribution in [0.15, 0.2) is 30.7 Å². The van der Waals surface area contributed by atoms with Gasteiger partial charge in [-0.25, -0.2) is 9.50 Å². The summed E-state index contributed by atoms with van der Waals surface area (Å²) in [6.45, 7) is 8.00. The van der Waals surface area contributed by atoms with E-state index in [-0.39, 0.29) is 54.1 Å². The number of nitrogens with one attached hydrogen (secondary N) is 1. The average molecular weight is 530 g/mol. The molecule has 190 valence electrons. The van der Waals surface area contributed by atoms with Crippen LogP contribution in [0.25, 0.3) is 16.8 Å². The Morgan fingerprint density at radius 2 is 1.94 bits per heavy atom. The SMILES string of the molecule is Cc1cc(Cl)cc(-c2ncnn3cc(CN4C(=O)C5C(C4=O)C5(C)C)cc23)c1O[C@H]1CCCNC1.Cl. The van der Waals surface area contributed by atoms with Crippen LogP contribution in [-0.2, 0) is 16.1 Å². The van der Waals surface area contributed by atoms with Gasteiger partial charge in [-0.05, 0) is 61.1 Å². The van der Waals surface area contributed by atoms with Crippen LogP contribution in [0.5, 0.6) is 5.75 Å². The van der Waals surface area contributed by atoms with E-state index in [1.54, 1.807) is 4.52 Å². The first-order valence-electron chi connectivity index (χ1n) is 12.1. The number of halogens is 2. The number of piperidine rings is 2. The zero-order chi connectivity index (χ0) is 24.5. The molecule has 3 aromatic rings. The summed E-state index contributed by atoms with van der Waals surface area (Å²) < 4.78 is 8.20. The molecular weight excluding hydrogens is 501 g/mol. The van der Waals surface area contributed by atoms with Gasteiger partial charge in [0.05, 0.1) is 23.9 Å². The molecule has 2 unspecified atom stereocenters. The summed E-state index contributed by atoms with van der Waals surface area (Å²) in [6, 6.07) is 5.71. The maximum Gasteiger partial charge on any atom is 0.233 e. The molecule has 10 heteroatoms. The minimum atomic E-state index is -0.219. The van der Waals surface area contributed by atoms with Crippen molar-refractivity contribution in [2.24, 2.45) is 17.3 Å². The van der Waals surface area contributed by atoms with Gasteiger partial charge in [0.2, 0.25) is 11.8 Å². The lowest BCUT2D eigenvalue weighted by molar-refractivity contribution is -0.143. The third-order valence-corrected chi connectivity index (χ3v) is 7.94. The summed E-state index contributed by atoms with van der Waals surface area (Å²) in [7, 11) is 0. The molecule has 2 aromatic heterocycles. The maximum absolute atomic E-state index is 12.8. The second-order valence-corrected chi connectivity index (χ2v) is 10.9. The number of hydrogen-bond acceptors (Lipinski definition) is 6. The van der Waals surface area contributed by atoms with Crippen LogP contribution in [0.2, 0.25) is 5.02 Å². The summed E-state index contributed by atoms with van der Waals surface area (Å²) in [5, 5.41) is 8.36. The fourth-order valence-corrected chi connectivity index (χ4v) is 6.04. The Bertz CT molecular complexity index is 1340. The molecule has 36 heavy (non-hydrogen) atoms. The third-order valence-electron chi connectivity index (χ3n) is 7.73. The fourth-order valence-electron chi connectivity index (χ4n) is 5.77. The van der Waals surface area contributed by atoms with Crippen molar-refractivity contribution in [1.29, 1.82) is 0 Å². The van der Waals surface area contributed by atoms with Gasteiger partial charge in [-0.15, -0.1) is 12.4 Å². The molecule has 3 fully saturated rings. The Labute approximate surface area is 220 Å². The molecule has 2 aliphatic heterocycles. The van der Waals surface area contributed by atoms with Crippen molar-refractivity contribution in [2.45, 2.75) is 46.3 Å². The molecule has 3 aliphatic rings. The number of nitrogens with zero attached hydrogens (tertiary/aromatic N) is 4. The quantitative estimate of drug-likeness (QED) is 0.501. The van der Waals surface area contributed by atoms with Gasteiger partial charge in [-0.2, -0.15) is 5.10 Å². The van der Waals surface area contributed by atoms with Gasteiger partial charge in [0.1, 0.15) is 23.9 Å². The van der Waals surface area contributed by atoms with Crippen LogP contribution < -0.4 is 10.1 Å². The van der Waals surface area contributed by atoms with E-state index in [1.807, 2.05) is 45.2 Å². The van der Waals surface area contributed by atoms with Crippen molar-refractivity contribution in [2.75, 3.05) is 13.1 Å². The topological polar surface area (TPSA) is 88.8 Å². The Morgan fingerprint density at radius 1 is 1.19 bits per heavy atom. The molecule has 6 rings (SSSR count). The molecule has 0 spiro atoms. The number of benzene rings is 1. The van der Waals surface area contributed by atoms with E-state index in [9.17, 15) is 9.59 Å². The molecule has 2 saturated heterocycles. The number of carbonyl (C=O) groups excluding carboxylic acids is 2. The number of ether oxygens (including phenoxy) is 1. The highest BCUT2D eigenvalue weighted by Gasteiger charge is 2.72. The molecule has 1 N–H and O–H groups in total. The number of hydrogen-bond donors (Lipinski definition) is 1. The summed E-state index contributed by atoms with van der Waals surface area (Å²) in [6.07, 6.45) is 5.47. The zero-order valence-electron chi connectivity index (χ0n) is 20.5. The number of fused-ring (bicyclic) bond motifs is 2. The van der Waals surface area contributed by atoms with Crippen LogP contribution in [0.3, 0.4) is 0 Å². The van der Waals surface area contributed by atoms with Gasteiger partial charge in [-0.3, -0.25) is 14.5 Å². The second-order valence-electron chi connectivity index (χ2n) is 10.5. The van der Waals surface area contributed by atoms with Crippen molar-refractivity contribution in [1.82, 2.24) is 24.8 Å². The number of carbonyl (C=O) groups is 2. The molecule has 0 bridgehead atoms. The predicted molar refractivity (Wildman–Crippen MR) is 138 cm³/mol. The number of amides is 2. The Hall–Kier alpha value is -2.68. The van der Waals surface area contributed by atoms with Gasteiger partial charge in [0.25, 0.3) is 0 Å². The first-order valence-corrected chi connectivity index (χ1v) is 12.5. The average Bonchev–Trinajstić information content (AvgIpc) is 3.07. The number of likely N-dealkylation sites (tertiary alicyclic amines) is 1. The molecule has 2 amide bonds. The highest BCUT2D eigenvalue weighted by molar-refractivity contribution is 6.31. The molecule has 1 saturated carbocycles. The highest BCUT2D eigenvalue weighted by atomic mass is 35.5. The molecule has 1 aliphatic carbocycles. The highest BCUT2D eigenvalue weighted by Crippen LogP contribution is 2.63. The van der Waals surface area contributed by atoms with Crippen molar-refractivity contribution >= 4 is 41.3 Å². The normalized spacial score (nSPS) is 24.6. The smallest absolute Gasteiger partial charge is 0.233 e. The minimum absolute atomic E-state index is 0. The summed E-state index contributed by atoms with van der Waals surface area (Å²) in [5.41, 5.74) is 3.80. The van der Waals surface area contributed by atoms with Crippen LogP contribution >= 0.6 is 24.0 Å². The van der Waals surface area contributed by atoms with Crippen molar-refractivity contribution < 1.29 is 14.3 Å². The van der Waals surface area contributed by atoms with Crippen LogP contribution in [0.4, 0.5) is 0 Å². The van der Waals surface area contributed by atoms with Crippen molar-refractivity contribution in [3.63, 3.8) is 0 Å². The van der Waals surface area contributed by atoms with Crippen LogP contribution in [-0.4, -0.2) is 50.5 Å². The van der Waals surface area contributed by atoms with E-state index in [2.05, 4.69) is 15.4 Å². The lowest BCUT2D eigenvalue weighted by Gasteiger charge is -2.26. The maximum atomic E-state index is 12.8. The summed E-state index contributed by atoms with van der Waals surface area (Å²) >= 11 is 6.46. The van der Waals surface area contributed by atoms with Gasteiger partial charge in [0.15, 0.2) is 0 Å². The third kappa shape index (κ3) is 3.96. The summed E-state index contributed by atoms with van der Waals surface area (Å²) in [5.74, 6) is 0.234. The van der Waals surface area contributed by atoms with Crippen LogP contribution in [0, 0.1) is 24.2 Å².